The summed E-state index contributed by atoms with van der Waals surface area (Å²) in [6.07, 6.45) is 3.03. The predicted octanol–water partition coefficient (Wildman–Crippen LogP) is 3.18. The van der Waals surface area contributed by atoms with E-state index in [4.69, 9.17) is 5.21 Å². The van der Waals surface area contributed by atoms with Crippen molar-refractivity contribution in [2.45, 2.75) is 32.7 Å². The lowest BCUT2D eigenvalue weighted by Gasteiger charge is -2.15. The minimum atomic E-state index is 0.842. The third-order valence-corrected chi connectivity index (χ3v) is 3.63. The molecule has 0 bridgehead atoms. The second-order valence-electron chi connectivity index (χ2n) is 4.48. The number of nitrogens with zero attached hydrogens (tertiary/aromatic N) is 2. The molecule has 3 rings (SSSR count). The summed E-state index contributed by atoms with van der Waals surface area (Å²) >= 11 is 0. The van der Waals surface area contributed by atoms with Crippen LogP contribution in [0.15, 0.2) is 29.4 Å². The van der Waals surface area contributed by atoms with Gasteiger partial charge in [-0.1, -0.05) is 23.4 Å². The van der Waals surface area contributed by atoms with Crippen LogP contribution in [0, 0.1) is 0 Å². The highest BCUT2D eigenvalue weighted by molar-refractivity contribution is 6.12. The molecule has 0 atom stereocenters. The molecule has 1 aromatic heterocycles. The van der Waals surface area contributed by atoms with E-state index in [1.807, 2.05) is 6.07 Å². The van der Waals surface area contributed by atoms with Crippen LogP contribution in [0.2, 0.25) is 0 Å². The Morgan fingerprint density at radius 1 is 1.29 bits per heavy atom. The molecule has 17 heavy (non-hydrogen) atoms. The van der Waals surface area contributed by atoms with Gasteiger partial charge >= 0.3 is 0 Å². The molecule has 1 heterocycles. The van der Waals surface area contributed by atoms with Gasteiger partial charge < -0.3 is 9.77 Å². The first-order chi connectivity index (χ1) is 8.36. The normalized spacial score (nSPS) is 17.6. The Labute approximate surface area is 100 Å². The van der Waals surface area contributed by atoms with Gasteiger partial charge in [0.1, 0.15) is 0 Å². The van der Waals surface area contributed by atoms with Gasteiger partial charge in [0.2, 0.25) is 0 Å². The Kier molecular flexibility index (Phi) is 2.39. The molecule has 0 amide bonds. The Morgan fingerprint density at radius 2 is 2.12 bits per heavy atom. The van der Waals surface area contributed by atoms with Crippen LogP contribution in [0.1, 0.15) is 31.0 Å². The maximum Gasteiger partial charge on any atom is 0.0892 e. The van der Waals surface area contributed by atoms with Gasteiger partial charge in [-0.3, -0.25) is 0 Å². The third kappa shape index (κ3) is 1.38. The molecule has 0 unspecified atom stereocenters. The fourth-order valence-electron chi connectivity index (χ4n) is 2.95. The molecular weight excluding hydrogens is 212 g/mol. The van der Waals surface area contributed by atoms with Gasteiger partial charge in [0.05, 0.1) is 5.71 Å². The second-order valence-corrected chi connectivity index (χ2v) is 4.48. The lowest BCUT2D eigenvalue weighted by Crippen LogP contribution is -2.13. The molecule has 0 saturated carbocycles. The van der Waals surface area contributed by atoms with E-state index in [0.717, 1.165) is 37.1 Å². The molecular formula is C14H16N2O. The summed E-state index contributed by atoms with van der Waals surface area (Å²) in [7, 11) is 0. The van der Waals surface area contributed by atoms with E-state index in [1.165, 1.54) is 16.6 Å². The first-order valence-electron chi connectivity index (χ1n) is 6.18. The van der Waals surface area contributed by atoms with Gasteiger partial charge in [0.25, 0.3) is 0 Å². The summed E-state index contributed by atoms with van der Waals surface area (Å²) in [5, 5.41) is 13.9. The van der Waals surface area contributed by atoms with E-state index in [-0.39, 0.29) is 0 Å². The van der Waals surface area contributed by atoms with Crippen molar-refractivity contribution < 1.29 is 5.21 Å². The van der Waals surface area contributed by atoms with Crippen molar-refractivity contribution in [1.82, 2.24) is 4.57 Å². The molecule has 1 aliphatic rings. The molecule has 1 N–H and O–H groups in total. The zero-order valence-corrected chi connectivity index (χ0v) is 9.98. The number of hydrogen-bond acceptors (Lipinski definition) is 2. The number of oxime groups is 1. The standard InChI is InChI=1S/C14H16N2O/c1-2-16-12-8-4-3-6-10(12)14-11(15-17)7-5-9-13(14)16/h3-4,6,8,17H,2,5,7,9H2,1H3/b15-11+. The summed E-state index contributed by atoms with van der Waals surface area (Å²) in [6, 6.07) is 8.38. The van der Waals surface area contributed by atoms with Crippen LogP contribution in [0.4, 0.5) is 0 Å². The zero-order chi connectivity index (χ0) is 11.8. The van der Waals surface area contributed by atoms with Gasteiger partial charge in [-0.05, 0) is 32.3 Å². The molecule has 88 valence electrons. The maximum absolute atomic E-state index is 9.16. The fourth-order valence-corrected chi connectivity index (χ4v) is 2.95. The van der Waals surface area contributed by atoms with Crippen LogP contribution in [0.5, 0.6) is 0 Å². The summed E-state index contributed by atoms with van der Waals surface area (Å²) < 4.78 is 2.34. The van der Waals surface area contributed by atoms with Crippen LogP contribution in [-0.2, 0) is 13.0 Å². The number of hydrogen-bond donors (Lipinski definition) is 1. The number of aryl methyl sites for hydroxylation is 1. The largest absolute Gasteiger partial charge is 0.411 e. The average Bonchev–Trinajstić information content (AvgIpc) is 2.72. The van der Waals surface area contributed by atoms with Crippen molar-refractivity contribution in [3.05, 3.63) is 35.5 Å². The summed E-state index contributed by atoms with van der Waals surface area (Å²) in [5.74, 6) is 0. The zero-order valence-electron chi connectivity index (χ0n) is 9.98. The fraction of sp³-hybridized carbons (Fsp3) is 0.357. The number of para-hydroxylation sites is 1. The van der Waals surface area contributed by atoms with Gasteiger partial charge in [-0.25, -0.2) is 0 Å². The van der Waals surface area contributed by atoms with E-state index in [2.05, 4.69) is 34.8 Å². The minimum absolute atomic E-state index is 0.842. The predicted molar refractivity (Wildman–Crippen MR) is 68.9 cm³/mol. The molecule has 0 saturated heterocycles. The van der Waals surface area contributed by atoms with Gasteiger partial charge in [-0.15, -0.1) is 0 Å². The van der Waals surface area contributed by atoms with Gasteiger partial charge in [-0.2, -0.15) is 0 Å². The lowest BCUT2D eigenvalue weighted by atomic mass is 9.93. The molecule has 2 aromatic rings. The van der Waals surface area contributed by atoms with E-state index in [0.29, 0.717) is 0 Å². The molecule has 0 radical (unpaired) electrons. The molecule has 0 spiro atoms. The van der Waals surface area contributed by atoms with Crippen LogP contribution >= 0.6 is 0 Å². The summed E-state index contributed by atoms with van der Waals surface area (Å²) in [4.78, 5) is 0. The highest BCUT2D eigenvalue weighted by atomic mass is 16.4. The van der Waals surface area contributed by atoms with E-state index in [1.54, 1.807) is 0 Å². The molecule has 3 heteroatoms. The maximum atomic E-state index is 9.16. The molecule has 1 aromatic carbocycles. The molecule has 0 aliphatic heterocycles. The summed E-state index contributed by atoms with van der Waals surface area (Å²) in [5.41, 5.74) is 4.58. The Balaban J connectivity index is 2.41. The number of fused-ring (bicyclic) bond motifs is 3. The Morgan fingerprint density at radius 3 is 2.88 bits per heavy atom. The highest BCUT2D eigenvalue weighted by Crippen LogP contribution is 2.32. The average molecular weight is 228 g/mol. The van der Waals surface area contributed by atoms with Crippen molar-refractivity contribution in [1.29, 1.82) is 0 Å². The smallest absolute Gasteiger partial charge is 0.0892 e. The van der Waals surface area contributed by atoms with Crippen LogP contribution in [0.25, 0.3) is 10.9 Å². The first kappa shape index (κ1) is 10.4. The van der Waals surface area contributed by atoms with Gasteiger partial charge in [0, 0.05) is 28.7 Å². The Hall–Kier alpha value is -1.77. The number of aromatic nitrogens is 1. The Bertz CT molecular complexity index is 596. The number of benzene rings is 1. The van der Waals surface area contributed by atoms with Crippen LogP contribution in [-0.4, -0.2) is 15.5 Å². The summed E-state index contributed by atoms with van der Waals surface area (Å²) in [6.45, 7) is 3.13. The molecule has 0 fully saturated rings. The monoisotopic (exact) mass is 228 g/mol. The minimum Gasteiger partial charge on any atom is -0.411 e. The van der Waals surface area contributed by atoms with Crippen molar-refractivity contribution in [2.24, 2.45) is 5.16 Å². The van der Waals surface area contributed by atoms with Crippen molar-refractivity contribution in [3.63, 3.8) is 0 Å². The topological polar surface area (TPSA) is 37.5 Å². The van der Waals surface area contributed by atoms with Crippen molar-refractivity contribution >= 4 is 16.6 Å². The SMILES string of the molecule is CCn1c2c(c3ccccc31)/C(=N/O)CCC2. The van der Waals surface area contributed by atoms with Crippen LogP contribution in [0.3, 0.4) is 0 Å². The highest BCUT2D eigenvalue weighted by Gasteiger charge is 2.23. The van der Waals surface area contributed by atoms with Crippen LogP contribution < -0.4 is 0 Å². The number of rotatable bonds is 1. The first-order valence-corrected chi connectivity index (χ1v) is 6.18. The van der Waals surface area contributed by atoms with Crippen molar-refractivity contribution in [2.75, 3.05) is 0 Å². The van der Waals surface area contributed by atoms with Crippen molar-refractivity contribution in [3.8, 4) is 0 Å². The van der Waals surface area contributed by atoms with E-state index < -0.39 is 0 Å². The molecule has 1 aliphatic carbocycles. The van der Waals surface area contributed by atoms with Gasteiger partial charge in [0.15, 0.2) is 0 Å². The second kappa shape index (κ2) is 3.91. The molecule has 3 nitrogen and oxygen atoms in total. The lowest BCUT2D eigenvalue weighted by molar-refractivity contribution is 0.317. The van der Waals surface area contributed by atoms with E-state index in [9.17, 15) is 0 Å². The van der Waals surface area contributed by atoms with E-state index >= 15 is 0 Å². The third-order valence-electron chi connectivity index (χ3n) is 3.63. The quantitative estimate of drug-likeness (QED) is 0.590.